The van der Waals surface area contributed by atoms with Crippen molar-refractivity contribution in [3.05, 3.63) is 191 Å². The van der Waals surface area contributed by atoms with Gasteiger partial charge < -0.3 is 0 Å². The van der Waals surface area contributed by atoms with Crippen molar-refractivity contribution in [2.45, 2.75) is 49.1 Å². The molecule has 0 spiro atoms. The second kappa shape index (κ2) is 11.2. The monoisotopic (exact) mass is 784 g/mol. The molecular formula is C44H34Br2S2. The van der Waals surface area contributed by atoms with Crippen LogP contribution in [0.5, 0.6) is 0 Å². The highest BCUT2D eigenvalue weighted by atomic mass is 79.9. The van der Waals surface area contributed by atoms with E-state index in [0.717, 1.165) is 6.42 Å². The Kier molecular flexibility index (Phi) is 7.19. The molecule has 0 bridgehead atoms. The standard InChI is InChI=1S/C44H34Br2S2/c1-25-5-13-29(14-6-25)43(30-15-7-26(2)8-16-30)35-22-36-34(21-33(35)41-37(43)23-39(45)47-41)42-38(24-40(46)48-42)44(36,31-17-9-27(3)10-18-31)32-19-11-28(4)12-20-32/h5-23,40H,24H2,1-4H3. The fourth-order valence-electron chi connectivity index (χ4n) is 8.62. The van der Waals surface area contributed by atoms with Gasteiger partial charge in [-0.3, -0.25) is 0 Å². The van der Waals surface area contributed by atoms with E-state index in [1.54, 1.807) is 0 Å². The van der Waals surface area contributed by atoms with Gasteiger partial charge in [-0.1, -0.05) is 141 Å². The van der Waals surface area contributed by atoms with Crippen LogP contribution in [0.2, 0.25) is 0 Å². The second-order valence-corrected chi connectivity index (χ2v) is 19.1. The molecule has 0 amide bonds. The number of rotatable bonds is 4. The molecule has 48 heavy (non-hydrogen) atoms. The van der Waals surface area contributed by atoms with Gasteiger partial charge >= 0.3 is 0 Å². The molecule has 1 aliphatic heterocycles. The Morgan fingerprint density at radius 2 is 0.979 bits per heavy atom. The van der Waals surface area contributed by atoms with Gasteiger partial charge in [-0.05, 0) is 118 Å². The Labute approximate surface area is 308 Å². The summed E-state index contributed by atoms with van der Waals surface area (Å²) in [6, 6.07) is 44.9. The normalized spacial score (nSPS) is 18.1. The zero-order valence-electron chi connectivity index (χ0n) is 27.3. The lowest BCUT2D eigenvalue weighted by atomic mass is 9.63. The molecule has 0 radical (unpaired) electrons. The number of halogens is 2. The maximum absolute atomic E-state index is 4.07. The number of allylic oxidation sites excluding steroid dienone is 1. The Hall–Kier alpha value is -3.15. The van der Waals surface area contributed by atoms with E-state index in [4.69, 9.17) is 0 Å². The topological polar surface area (TPSA) is 0 Å². The number of fused-ring (bicyclic) bond motifs is 5. The summed E-state index contributed by atoms with van der Waals surface area (Å²) in [5.41, 5.74) is 18.0. The van der Waals surface area contributed by atoms with Crippen LogP contribution < -0.4 is 0 Å². The molecule has 1 aromatic heterocycles. The summed E-state index contributed by atoms with van der Waals surface area (Å²) in [6.07, 6.45) is 0.998. The van der Waals surface area contributed by atoms with E-state index in [1.165, 1.54) is 91.5 Å². The zero-order valence-corrected chi connectivity index (χ0v) is 32.1. The third kappa shape index (κ3) is 4.25. The van der Waals surface area contributed by atoms with Crippen molar-refractivity contribution in [3.63, 3.8) is 0 Å². The molecule has 0 N–H and O–H groups in total. The molecule has 3 aliphatic rings. The second-order valence-electron chi connectivity index (χ2n) is 13.7. The summed E-state index contributed by atoms with van der Waals surface area (Å²) in [7, 11) is 0. The average Bonchev–Trinajstić information content (AvgIpc) is 3.79. The number of aryl methyl sites for hydroxylation is 4. The summed E-state index contributed by atoms with van der Waals surface area (Å²) >= 11 is 11.9. The summed E-state index contributed by atoms with van der Waals surface area (Å²) in [5, 5.41) is 0. The maximum Gasteiger partial charge on any atom is 0.0722 e. The fraction of sp³-hybridized carbons (Fsp3) is 0.182. The van der Waals surface area contributed by atoms with Gasteiger partial charge in [0.05, 0.1) is 18.8 Å². The van der Waals surface area contributed by atoms with Gasteiger partial charge in [0.25, 0.3) is 0 Å². The van der Waals surface area contributed by atoms with Crippen molar-refractivity contribution in [2.24, 2.45) is 0 Å². The number of benzene rings is 5. The number of alkyl halides is 1. The molecule has 0 nitrogen and oxygen atoms in total. The molecule has 9 rings (SSSR count). The summed E-state index contributed by atoms with van der Waals surface area (Å²) in [5.74, 6) is 0. The fourth-order valence-corrected chi connectivity index (χ4v) is 12.4. The van der Waals surface area contributed by atoms with Crippen molar-refractivity contribution in [3.8, 4) is 10.4 Å². The molecule has 236 valence electrons. The van der Waals surface area contributed by atoms with E-state index in [0.29, 0.717) is 4.16 Å². The highest BCUT2D eigenvalue weighted by Crippen LogP contribution is 2.67. The lowest BCUT2D eigenvalue weighted by molar-refractivity contribution is 0.706. The van der Waals surface area contributed by atoms with Crippen molar-refractivity contribution in [1.82, 2.24) is 0 Å². The molecule has 5 aromatic carbocycles. The third-order valence-corrected chi connectivity index (χ3v) is 14.5. The molecule has 0 saturated heterocycles. The first-order chi connectivity index (χ1) is 23.2. The predicted molar refractivity (Wildman–Crippen MR) is 213 cm³/mol. The molecule has 6 aromatic rings. The Bertz CT molecular complexity index is 2180. The molecule has 4 heteroatoms. The summed E-state index contributed by atoms with van der Waals surface area (Å²) in [4.78, 5) is 2.81. The van der Waals surface area contributed by atoms with E-state index in [9.17, 15) is 0 Å². The van der Waals surface area contributed by atoms with Crippen LogP contribution in [0.3, 0.4) is 0 Å². The van der Waals surface area contributed by atoms with Crippen molar-refractivity contribution in [2.75, 3.05) is 0 Å². The van der Waals surface area contributed by atoms with Crippen molar-refractivity contribution >= 4 is 59.9 Å². The van der Waals surface area contributed by atoms with Crippen LogP contribution in [0.25, 0.3) is 15.3 Å². The largest absolute Gasteiger partial charge is 0.128 e. The lowest BCUT2D eigenvalue weighted by Crippen LogP contribution is -2.32. The minimum atomic E-state index is -0.450. The van der Waals surface area contributed by atoms with E-state index >= 15 is 0 Å². The lowest BCUT2D eigenvalue weighted by Gasteiger charge is -2.38. The molecule has 2 heterocycles. The predicted octanol–water partition coefficient (Wildman–Crippen LogP) is 13.0. The van der Waals surface area contributed by atoms with Crippen molar-refractivity contribution < 1.29 is 0 Å². The van der Waals surface area contributed by atoms with Gasteiger partial charge in [0.15, 0.2) is 0 Å². The first kappa shape index (κ1) is 30.9. The first-order valence-corrected chi connectivity index (χ1v) is 19.9. The van der Waals surface area contributed by atoms with Gasteiger partial charge in [-0.15, -0.1) is 23.1 Å². The smallest absolute Gasteiger partial charge is 0.0722 e. The van der Waals surface area contributed by atoms with Gasteiger partial charge in [-0.25, -0.2) is 0 Å². The van der Waals surface area contributed by atoms with E-state index in [2.05, 4.69) is 175 Å². The van der Waals surface area contributed by atoms with Crippen LogP contribution in [-0.4, -0.2) is 4.16 Å². The van der Waals surface area contributed by atoms with Crippen LogP contribution in [0.4, 0.5) is 0 Å². The summed E-state index contributed by atoms with van der Waals surface area (Å²) in [6.45, 7) is 8.75. The first-order valence-electron chi connectivity index (χ1n) is 16.5. The molecule has 0 saturated carbocycles. The van der Waals surface area contributed by atoms with Crippen LogP contribution in [-0.2, 0) is 10.8 Å². The molecule has 0 fully saturated rings. The number of hydrogen-bond acceptors (Lipinski definition) is 2. The number of hydrogen-bond donors (Lipinski definition) is 0. The van der Waals surface area contributed by atoms with E-state index in [1.807, 2.05) is 23.1 Å². The highest BCUT2D eigenvalue weighted by Gasteiger charge is 2.54. The Balaban J connectivity index is 1.44. The third-order valence-electron chi connectivity index (χ3n) is 10.8. The van der Waals surface area contributed by atoms with E-state index < -0.39 is 5.41 Å². The number of thiophene rings is 1. The quantitative estimate of drug-likeness (QED) is 0.160. The van der Waals surface area contributed by atoms with Crippen molar-refractivity contribution in [1.29, 1.82) is 0 Å². The Morgan fingerprint density at radius 3 is 1.46 bits per heavy atom. The Morgan fingerprint density at radius 1 is 0.542 bits per heavy atom. The SMILES string of the molecule is Cc1ccc(C2(c3ccc(C)cc3)C3=C(SC(Br)C3)c3cc4c(cc32)C(c2ccc(C)cc2)(c2ccc(C)cc2)c2cc(Br)sc2-4)cc1. The highest BCUT2D eigenvalue weighted by molar-refractivity contribution is 9.11. The van der Waals surface area contributed by atoms with Gasteiger partial charge in [0, 0.05) is 9.78 Å². The minimum absolute atomic E-state index is 0.352. The molecule has 2 aliphatic carbocycles. The summed E-state index contributed by atoms with van der Waals surface area (Å²) < 4.78 is 1.52. The number of thioether (sulfide) groups is 1. The van der Waals surface area contributed by atoms with Gasteiger partial charge in [0.1, 0.15) is 0 Å². The maximum atomic E-state index is 4.07. The molecular weight excluding hydrogens is 752 g/mol. The van der Waals surface area contributed by atoms with Crippen LogP contribution in [0, 0.1) is 27.7 Å². The average molecular weight is 787 g/mol. The van der Waals surface area contributed by atoms with E-state index in [-0.39, 0.29) is 5.41 Å². The molecule has 1 unspecified atom stereocenters. The van der Waals surface area contributed by atoms with Gasteiger partial charge in [-0.2, -0.15) is 0 Å². The molecule has 1 atom stereocenters. The van der Waals surface area contributed by atoms with Crippen LogP contribution >= 0.6 is 55.0 Å². The van der Waals surface area contributed by atoms with Gasteiger partial charge in [0.2, 0.25) is 0 Å². The van der Waals surface area contributed by atoms with Crippen LogP contribution in [0.15, 0.2) is 125 Å². The zero-order chi connectivity index (χ0) is 32.9. The van der Waals surface area contributed by atoms with Crippen LogP contribution in [0.1, 0.15) is 73.2 Å². The minimum Gasteiger partial charge on any atom is -0.128 e.